The highest BCUT2D eigenvalue weighted by molar-refractivity contribution is 9.10. The number of ketones is 1. The average molecular weight is 548 g/mol. The lowest BCUT2D eigenvalue weighted by Crippen LogP contribution is -2.14. The Morgan fingerprint density at radius 3 is 2.23 bits per heavy atom. The summed E-state index contributed by atoms with van der Waals surface area (Å²) in [5.41, 5.74) is 2.89. The lowest BCUT2D eigenvalue weighted by molar-refractivity contribution is 0.0474. The molecule has 0 amide bonds. The van der Waals surface area contributed by atoms with E-state index in [-0.39, 0.29) is 18.0 Å². The summed E-state index contributed by atoms with van der Waals surface area (Å²) in [6, 6.07) is 18.0. The Bertz CT molecular complexity index is 1080. The molecule has 0 saturated heterocycles. The van der Waals surface area contributed by atoms with Crippen LogP contribution in [-0.2, 0) is 11.3 Å². The normalized spacial score (nSPS) is 10.5. The van der Waals surface area contributed by atoms with Gasteiger partial charge in [0.05, 0.1) is 17.1 Å². The predicted octanol–water partition coefficient (Wildman–Crippen LogP) is 6.15. The van der Waals surface area contributed by atoms with Crippen molar-refractivity contribution in [1.29, 1.82) is 0 Å². The number of aryl methyl sites for hydroxylation is 1. The lowest BCUT2D eigenvalue weighted by atomic mass is 10.1. The van der Waals surface area contributed by atoms with Crippen LogP contribution in [0, 0.1) is 6.92 Å². The second-order valence-corrected chi connectivity index (χ2v) is 8.54. The Morgan fingerprint density at radius 1 is 0.903 bits per heavy atom. The molecule has 0 aliphatic heterocycles. The molecule has 3 aromatic carbocycles. The first-order valence-corrected chi connectivity index (χ1v) is 11.0. The molecule has 160 valence electrons. The van der Waals surface area contributed by atoms with Crippen LogP contribution in [-0.4, -0.2) is 25.5 Å². The van der Waals surface area contributed by atoms with E-state index in [4.69, 9.17) is 14.2 Å². The molecular weight excluding hydrogens is 528 g/mol. The van der Waals surface area contributed by atoms with Gasteiger partial charge in [-0.15, -0.1) is 0 Å². The van der Waals surface area contributed by atoms with Crippen LogP contribution in [0.3, 0.4) is 0 Å². The Hall–Kier alpha value is -2.64. The highest BCUT2D eigenvalue weighted by Gasteiger charge is 2.18. The van der Waals surface area contributed by atoms with Crippen molar-refractivity contribution >= 4 is 43.6 Å². The smallest absolute Gasteiger partial charge is 0.338 e. The van der Waals surface area contributed by atoms with Crippen LogP contribution in [0.5, 0.6) is 11.5 Å². The number of benzene rings is 3. The van der Waals surface area contributed by atoms with Gasteiger partial charge in [-0.2, -0.15) is 0 Å². The van der Waals surface area contributed by atoms with Gasteiger partial charge in [-0.1, -0.05) is 57.9 Å². The molecule has 31 heavy (non-hydrogen) atoms. The molecule has 0 N–H and O–H groups in total. The van der Waals surface area contributed by atoms with Crippen molar-refractivity contribution in [3.63, 3.8) is 0 Å². The molecule has 0 heterocycles. The van der Waals surface area contributed by atoms with Gasteiger partial charge in [0.2, 0.25) is 0 Å². The summed E-state index contributed by atoms with van der Waals surface area (Å²) in [5, 5.41) is 0. The minimum Gasteiger partial charge on any atom is -0.493 e. The summed E-state index contributed by atoms with van der Waals surface area (Å²) in [5.74, 6) is -0.0577. The first-order valence-electron chi connectivity index (χ1n) is 9.39. The topological polar surface area (TPSA) is 61.8 Å². The maximum absolute atomic E-state index is 12.5. The number of ether oxygens (including phenoxy) is 3. The van der Waals surface area contributed by atoms with Gasteiger partial charge >= 0.3 is 5.97 Å². The zero-order valence-electron chi connectivity index (χ0n) is 17.0. The summed E-state index contributed by atoms with van der Waals surface area (Å²) in [4.78, 5) is 24.7. The van der Waals surface area contributed by atoms with Crippen LogP contribution in [0.25, 0.3) is 0 Å². The third kappa shape index (κ3) is 6.18. The van der Waals surface area contributed by atoms with Gasteiger partial charge < -0.3 is 14.2 Å². The van der Waals surface area contributed by atoms with Crippen LogP contribution in [0.2, 0.25) is 0 Å². The van der Waals surface area contributed by atoms with E-state index in [1.807, 2.05) is 31.2 Å². The van der Waals surface area contributed by atoms with E-state index < -0.39 is 5.97 Å². The minimum absolute atomic E-state index is 0.245. The first-order chi connectivity index (χ1) is 14.9. The summed E-state index contributed by atoms with van der Waals surface area (Å²) >= 11 is 6.75. The Kier molecular flexibility index (Phi) is 7.87. The second kappa shape index (κ2) is 10.6. The lowest BCUT2D eigenvalue weighted by Gasteiger charge is -2.14. The number of Topliss-reactive ketones (excluding diaryl/α,β-unsaturated/α-hetero) is 1. The van der Waals surface area contributed by atoms with Gasteiger partial charge in [0.15, 0.2) is 23.9 Å². The molecule has 0 aromatic heterocycles. The van der Waals surface area contributed by atoms with Crippen LogP contribution < -0.4 is 9.47 Å². The van der Waals surface area contributed by atoms with Crippen molar-refractivity contribution < 1.29 is 23.8 Å². The molecule has 0 saturated carbocycles. The highest BCUT2D eigenvalue weighted by Crippen LogP contribution is 2.37. The van der Waals surface area contributed by atoms with Crippen molar-refractivity contribution in [3.05, 3.63) is 91.9 Å². The molecule has 0 radical (unpaired) electrons. The zero-order chi connectivity index (χ0) is 22.4. The van der Waals surface area contributed by atoms with Gasteiger partial charge in [-0.25, -0.2) is 4.79 Å². The number of rotatable bonds is 8. The monoisotopic (exact) mass is 546 g/mol. The van der Waals surface area contributed by atoms with Crippen molar-refractivity contribution in [3.8, 4) is 11.5 Å². The summed E-state index contributed by atoms with van der Waals surface area (Å²) in [6.07, 6.45) is 0. The molecule has 0 atom stereocenters. The number of hydrogen-bond acceptors (Lipinski definition) is 5. The largest absolute Gasteiger partial charge is 0.493 e. The van der Waals surface area contributed by atoms with Gasteiger partial charge in [-0.3, -0.25) is 4.79 Å². The van der Waals surface area contributed by atoms with E-state index in [1.54, 1.807) is 30.3 Å². The van der Waals surface area contributed by atoms with Crippen molar-refractivity contribution in [2.75, 3.05) is 13.7 Å². The number of esters is 1. The SMILES string of the molecule is COc1cc(C(=O)OCC(=O)c2ccc(Br)cc2)cc(Br)c1OCc1ccc(C)cc1. The molecule has 0 fully saturated rings. The van der Waals surface area contributed by atoms with Gasteiger partial charge in [0, 0.05) is 10.0 Å². The number of methoxy groups -OCH3 is 1. The molecule has 0 unspecified atom stereocenters. The van der Waals surface area contributed by atoms with Crippen LogP contribution >= 0.6 is 31.9 Å². The van der Waals surface area contributed by atoms with Gasteiger partial charge in [0.25, 0.3) is 0 Å². The van der Waals surface area contributed by atoms with E-state index >= 15 is 0 Å². The molecule has 0 aliphatic rings. The quantitative estimate of drug-likeness (QED) is 0.250. The van der Waals surface area contributed by atoms with E-state index in [1.165, 1.54) is 18.7 Å². The maximum Gasteiger partial charge on any atom is 0.338 e. The molecule has 3 aromatic rings. The molecule has 0 bridgehead atoms. The molecule has 3 rings (SSSR count). The minimum atomic E-state index is -0.630. The third-order valence-corrected chi connectivity index (χ3v) is 5.59. The number of halogens is 2. The van der Waals surface area contributed by atoms with Crippen molar-refractivity contribution in [2.24, 2.45) is 0 Å². The fraction of sp³-hybridized carbons (Fsp3) is 0.167. The van der Waals surface area contributed by atoms with E-state index in [0.29, 0.717) is 28.1 Å². The highest BCUT2D eigenvalue weighted by atomic mass is 79.9. The summed E-state index contributed by atoms with van der Waals surface area (Å²) < 4.78 is 17.9. The molecule has 7 heteroatoms. The summed E-state index contributed by atoms with van der Waals surface area (Å²) in [7, 11) is 1.49. The molecular formula is C24H20Br2O5. The summed E-state index contributed by atoms with van der Waals surface area (Å²) in [6.45, 7) is 2.02. The van der Waals surface area contributed by atoms with E-state index in [0.717, 1.165) is 10.0 Å². The van der Waals surface area contributed by atoms with E-state index in [9.17, 15) is 9.59 Å². The van der Waals surface area contributed by atoms with Gasteiger partial charge in [0.1, 0.15) is 6.61 Å². The standard InChI is InChI=1S/C24H20Br2O5/c1-15-3-5-16(6-4-15)13-30-23-20(26)11-18(12-22(23)29-2)24(28)31-14-21(27)17-7-9-19(25)10-8-17/h3-12H,13-14H2,1-2H3. The van der Waals surface area contributed by atoms with Crippen molar-refractivity contribution in [2.45, 2.75) is 13.5 Å². The third-order valence-electron chi connectivity index (χ3n) is 4.47. The predicted molar refractivity (Wildman–Crippen MR) is 125 cm³/mol. The van der Waals surface area contributed by atoms with Crippen LogP contribution in [0.15, 0.2) is 69.6 Å². The van der Waals surface area contributed by atoms with Gasteiger partial charge in [-0.05, 0) is 52.7 Å². The van der Waals surface area contributed by atoms with Crippen LogP contribution in [0.4, 0.5) is 0 Å². The Morgan fingerprint density at radius 2 is 1.58 bits per heavy atom. The molecule has 0 spiro atoms. The number of hydrogen-bond donors (Lipinski definition) is 0. The number of carbonyl (C=O) groups is 2. The molecule has 5 nitrogen and oxygen atoms in total. The van der Waals surface area contributed by atoms with Crippen LogP contribution in [0.1, 0.15) is 31.8 Å². The Balaban J connectivity index is 1.67. The number of carbonyl (C=O) groups excluding carboxylic acids is 2. The second-order valence-electron chi connectivity index (χ2n) is 6.77. The van der Waals surface area contributed by atoms with E-state index in [2.05, 4.69) is 31.9 Å². The van der Waals surface area contributed by atoms with Crippen molar-refractivity contribution in [1.82, 2.24) is 0 Å². The fourth-order valence-corrected chi connectivity index (χ4v) is 3.57. The fourth-order valence-electron chi connectivity index (χ4n) is 2.75. The first kappa shape index (κ1) is 23.0. The maximum atomic E-state index is 12.5. The zero-order valence-corrected chi connectivity index (χ0v) is 20.2. The molecule has 0 aliphatic carbocycles. The average Bonchev–Trinajstić information content (AvgIpc) is 2.77. The Labute approximate surface area is 197 Å².